The third-order valence-corrected chi connectivity index (χ3v) is 6.78. The highest BCUT2D eigenvalue weighted by atomic mass is 35.5. The number of sulfonamides is 1. The monoisotopic (exact) mass is 333 g/mol. The molecule has 3 nitrogen and oxygen atoms in total. The minimum Gasteiger partial charge on any atom is -0.206 e. The first-order valence-corrected chi connectivity index (χ1v) is 8.94. The van der Waals surface area contributed by atoms with Crippen molar-refractivity contribution in [1.82, 2.24) is 4.31 Å². The second-order valence-electron chi connectivity index (χ2n) is 3.72. The fraction of sp³-hybridized carbons (Fsp3) is 0.167. The topological polar surface area (TPSA) is 37.4 Å². The van der Waals surface area contributed by atoms with E-state index in [-0.39, 0.29) is 6.54 Å². The Kier molecular flexibility index (Phi) is 4.81. The molecule has 0 unspecified atom stereocenters. The molecular formula is C12H12ClNO2S3. The van der Waals surface area contributed by atoms with E-state index in [4.69, 9.17) is 11.6 Å². The van der Waals surface area contributed by atoms with Crippen molar-refractivity contribution < 1.29 is 8.42 Å². The van der Waals surface area contributed by atoms with Gasteiger partial charge in [-0.15, -0.1) is 29.3 Å². The third-order valence-electron chi connectivity index (χ3n) is 2.38. The molecule has 0 bridgehead atoms. The van der Waals surface area contributed by atoms with Gasteiger partial charge in [-0.05, 0) is 23.6 Å². The average molecular weight is 334 g/mol. The van der Waals surface area contributed by atoms with Crippen molar-refractivity contribution in [1.29, 1.82) is 0 Å². The maximum atomic E-state index is 12.5. The summed E-state index contributed by atoms with van der Waals surface area (Å²) >= 11 is 8.46. The molecule has 2 rings (SSSR count). The smallest absolute Gasteiger partial charge is 0.206 e. The molecule has 0 aliphatic rings. The molecule has 7 heteroatoms. The highest BCUT2D eigenvalue weighted by Gasteiger charge is 2.24. The Labute approximate surface area is 125 Å². The molecule has 2 aromatic heterocycles. The summed E-state index contributed by atoms with van der Waals surface area (Å²) in [5, 5.41) is 1.75. The van der Waals surface area contributed by atoms with Crippen LogP contribution in [0, 0.1) is 0 Å². The highest BCUT2D eigenvalue weighted by molar-refractivity contribution is 7.91. The minimum atomic E-state index is -3.46. The van der Waals surface area contributed by atoms with Gasteiger partial charge < -0.3 is 0 Å². The summed E-state index contributed by atoms with van der Waals surface area (Å²) in [6.07, 6.45) is 1.58. The largest absolute Gasteiger partial charge is 0.253 e. The lowest BCUT2D eigenvalue weighted by Gasteiger charge is -2.18. The summed E-state index contributed by atoms with van der Waals surface area (Å²) in [5.41, 5.74) is 0. The van der Waals surface area contributed by atoms with Crippen LogP contribution in [-0.4, -0.2) is 19.3 Å². The molecule has 0 radical (unpaired) electrons. The molecule has 0 fully saturated rings. The summed E-state index contributed by atoms with van der Waals surface area (Å²) in [4.78, 5) is 0.909. The van der Waals surface area contributed by atoms with Gasteiger partial charge >= 0.3 is 0 Å². The Bertz CT molecular complexity index is 646. The molecule has 19 heavy (non-hydrogen) atoms. The second kappa shape index (κ2) is 6.19. The van der Waals surface area contributed by atoms with Gasteiger partial charge in [0.2, 0.25) is 0 Å². The summed E-state index contributed by atoms with van der Waals surface area (Å²) in [6.45, 7) is 4.20. The van der Waals surface area contributed by atoms with Crippen molar-refractivity contribution in [2.24, 2.45) is 0 Å². The first-order valence-electron chi connectivity index (χ1n) is 5.43. The first kappa shape index (κ1) is 14.7. The van der Waals surface area contributed by atoms with Gasteiger partial charge in [0.15, 0.2) is 0 Å². The summed E-state index contributed by atoms with van der Waals surface area (Å²) in [5.74, 6) is 0. The number of thiophene rings is 2. The van der Waals surface area contributed by atoms with Crippen molar-refractivity contribution in [2.75, 3.05) is 6.54 Å². The van der Waals surface area contributed by atoms with E-state index in [1.807, 2.05) is 6.07 Å². The van der Waals surface area contributed by atoms with Crippen LogP contribution < -0.4 is 0 Å². The van der Waals surface area contributed by atoms with Gasteiger partial charge in [-0.2, -0.15) is 4.31 Å². The molecule has 0 spiro atoms. The number of rotatable bonds is 6. The Morgan fingerprint density at radius 3 is 2.68 bits per heavy atom. The molecule has 0 atom stereocenters. The van der Waals surface area contributed by atoms with Gasteiger partial charge in [0.1, 0.15) is 4.21 Å². The van der Waals surface area contributed by atoms with Gasteiger partial charge in [-0.1, -0.05) is 23.7 Å². The molecule has 0 aromatic carbocycles. The highest BCUT2D eigenvalue weighted by Crippen LogP contribution is 2.26. The predicted octanol–water partition coefficient (Wildman–Crippen LogP) is 3.84. The second-order valence-corrected chi connectivity index (χ2v) is 8.64. The van der Waals surface area contributed by atoms with E-state index in [9.17, 15) is 8.42 Å². The van der Waals surface area contributed by atoms with Gasteiger partial charge in [-0.3, -0.25) is 0 Å². The lowest BCUT2D eigenvalue weighted by Crippen LogP contribution is -2.29. The molecule has 2 aromatic rings. The number of hydrogen-bond donors (Lipinski definition) is 0. The van der Waals surface area contributed by atoms with Crippen LogP contribution in [0.2, 0.25) is 4.34 Å². The fourth-order valence-corrected chi connectivity index (χ4v) is 5.26. The Morgan fingerprint density at radius 1 is 1.37 bits per heavy atom. The minimum absolute atomic E-state index is 0.274. The Hall–Kier alpha value is -0.660. The van der Waals surface area contributed by atoms with Crippen LogP contribution in [0.5, 0.6) is 0 Å². The van der Waals surface area contributed by atoms with E-state index < -0.39 is 10.0 Å². The standard InChI is InChI=1S/C12H12ClNO2S3/c1-2-7-14(9-10-5-6-11(13)18-10)19(15,16)12-4-3-8-17-12/h2-6,8H,1,7,9H2. The van der Waals surface area contributed by atoms with Crippen LogP contribution >= 0.6 is 34.3 Å². The first-order chi connectivity index (χ1) is 9.04. The number of nitrogens with zero attached hydrogens (tertiary/aromatic N) is 1. The summed E-state index contributed by atoms with van der Waals surface area (Å²) in [6, 6.07) is 6.95. The van der Waals surface area contributed by atoms with Crippen molar-refractivity contribution in [2.45, 2.75) is 10.8 Å². The SMILES string of the molecule is C=CCN(Cc1ccc(Cl)s1)S(=O)(=O)c1cccs1. The van der Waals surface area contributed by atoms with E-state index in [1.54, 1.807) is 29.7 Å². The van der Waals surface area contributed by atoms with E-state index in [1.165, 1.54) is 27.0 Å². The maximum absolute atomic E-state index is 12.5. The Morgan fingerprint density at radius 2 is 2.16 bits per heavy atom. The zero-order chi connectivity index (χ0) is 13.9. The molecule has 0 aliphatic heterocycles. The van der Waals surface area contributed by atoms with Crippen LogP contribution in [0.4, 0.5) is 0 Å². The summed E-state index contributed by atoms with van der Waals surface area (Å²) in [7, 11) is -3.46. The van der Waals surface area contributed by atoms with Gasteiger partial charge in [0, 0.05) is 18.0 Å². The summed E-state index contributed by atoms with van der Waals surface area (Å²) < 4.78 is 27.3. The lowest BCUT2D eigenvalue weighted by atomic mass is 10.4. The van der Waals surface area contributed by atoms with E-state index in [0.717, 1.165) is 4.88 Å². The number of hydrogen-bond acceptors (Lipinski definition) is 4. The molecule has 0 aliphatic carbocycles. The molecule has 102 valence electrons. The van der Waals surface area contributed by atoms with Crippen molar-refractivity contribution >= 4 is 44.3 Å². The van der Waals surface area contributed by atoms with Crippen molar-refractivity contribution in [3.8, 4) is 0 Å². The van der Waals surface area contributed by atoms with Crippen LogP contribution in [0.25, 0.3) is 0 Å². The predicted molar refractivity (Wildman–Crippen MR) is 81.4 cm³/mol. The van der Waals surface area contributed by atoms with Crippen LogP contribution in [0.3, 0.4) is 0 Å². The van der Waals surface area contributed by atoms with Crippen molar-refractivity contribution in [3.63, 3.8) is 0 Å². The molecule has 0 saturated heterocycles. The van der Waals surface area contributed by atoms with Crippen LogP contribution in [0.15, 0.2) is 46.5 Å². The lowest BCUT2D eigenvalue weighted by molar-refractivity contribution is 0.443. The van der Waals surface area contributed by atoms with Gasteiger partial charge in [0.05, 0.1) is 4.34 Å². The molecule has 0 amide bonds. The van der Waals surface area contributed by atoms with Gasteiger partial charge in [-0.25, -0.2) is 8.42 Å². The molecule has 0 saturated carbocycles. The van der Waals surface area contributed by atoms with Crippen LogP contribution in [-0.2, 0) is 16.6 Å². The number of halogens is 1. The quantitative estimate of drug-likeness (QED) is 0.753. The normalized spacial score (nSPS) is 11.9. The molecule has 2 heterocycles. The molecule has 0 N–H and O–H groups in total. The van der Waals surface area contributed by atoms with Crippen LogP contribution in [0.1, 0.15) is 4.88 Å². The van der Waals surface area contributed by atoms with E-state index in [0.29, 0.717) is 15.1 Å². The Balaban J connectivity index is 2.27. The average Bonchev–Trinajstić information content (AvgIpc) is 3.00. The zero-order valence-corrected chi connectivity index (χ0v) is 13.2. The maximum Gasteiger partial charge on any atom is 0.253 e. The fourth-order valence-electron chi connectivity index (χ4n) is 1.54. The zero-order valence-electron chi connectivity index (χ0n) is 9.95. The molecular weight excluding hydrogens is 322 g/mol. The third kappa shape index (κ3) is 3.46. The van der Waals surface area contributed by atoms with Crippen molar-refractivity contribution in [3.05, 3.63) is 51.5 Å². The van der Waals surface area contributed by atoms with E-state index >= 15 is 0 Å². The van der Waals surface area contributed by atoms with Gasteiger partial charge in [0.25, 0.3) is 10.0 Å². The van der Waals surface area contributed by atoms with E-state index in [2.05, 4.69) is 6.58 Å².